The molecule has 0 saturated heterocycles. The van der Waals surface area contributed by atoms with Crippen LogP contribution in [-0.2, 0) is 6.61 Å². The van der Waals surface area contributed by atoms with E-state index >= 15 is 0 Å². The molecule has 146 valence electrons. The van der Waals surface area contributed by atoms with E-state index in [1.165, 1.54) is 11.3 Å². The Morgan fingerprint density at radius 2 is 1.96 bits per heavy atom. The molecule has 9 heteroatoms. The molecule has 0 aliphatic heterocycles. The van der Waals surface area contributed by atoms with Crippen molar-refractivity contribution in [3.63, 3.8) is 0 Å². The minimum atomic E-state index is 0.235. The van der Waals surface area contributed by atoms with Gasteiger partial charge in [-0.2, -0.15) is 5.10 Å². The number of aromatic nitrogens is 1. The maximum absolute atomic E-state index is 6.20. The SMILES string of the molecule is CCOc1cc(C=NNc2nc(N)cs2)ccc1OCc1c(Cl)cccc1Cl. The molecule has 2 aromatic carbocycles. The van der Waals surface area contributed by atoms with Crippen LogP contribution in [0.2, 0.25) is 10.0 Å². The Bertz CT molecular complexity index is 958. The molecule has 3 rings (SSSR count). The first-order chi connectivity index (χ1) is 13.6. The molecule has 0 aliphatic carbocycles. The van der Waals surface area contributed by atoms with Gasteiger partial charge in [0.25, 0.3) is 0 Å². The lowest BCUT2D eigenvalue weighted by atomic mass is 10.2. The van der Waals surface area contributed by atoms with E-state index in [4.69, 9.17) is 38.4 Å². The van der Waals surface area contributed by atoms with Crippen molar-refractivity contribution in [1.82, 2.24) is 4.98 Å². The number of anilines is 2. The van der Waals surface area contributed by atoms with Gasteiger partial charge in [0, 0.05) is 21.0 Å². The van der Waals surface area contributed by atoms with E-state index in [2.05, 4.69) is 15.5 Å². The van der Waals surface area contributed by atoms with Crippen molar-refractivity contribution in [2.75, 3.05) is 17.8 Å². The average molecular weight is 437 g/mol. The molecular formula is C19H18Cl2N4O2S. The average Bonchev–Trinajstić information content (AvgIpc) is 3.08. The van der Waals surface area contributed by atoms with Crippen LogP contribution in [0.5, 0.6) is 11.5 Å². The molecular weight excluding hydrogens is 419 g/mol. The van der Waals surface area contributed by atoms with Gasteiger partial charge < -0.3 is 15.2 Å². The van der Waals surface area contributed by atoms with Crippen LogP contribution >= 0.6 is 34.5 Å². The number of benzene rings is 2. The van der Waals surface area contributed by atoms with Gasteiger partial charge in [0.05, 0.1) is 12.8 Å². The Balaban J connectivity index is 1.71. The number of nitrogen functional groups attached to an aromatic ring is 1. The molecule has 0 bridgehead atoms. The van der Waals surface area contributed by atoms with Crippen LogP contribution in [0.4, 0.5) is 10.9 Å². The van der Waals surface area contributed by atoms with E-state index < -0.39 is 0 Å². The molecule has 0 saturated carbocycles. The first-order valence-electron chi connectivity index (χ1n) is 8.39. The smallest absolute Gasteiger partial charge is 0.205 e. The van der Waals surface area contributed by atoms with Gasteiger partial charge in [0.15, 0.2) is 11.5 Å². The summed E-state index contributed by atoms with van der Waals surface area (Å²) in [4.78, 5) is 4.08. The van der Waals surface area contributed by atoms with Crippen LogP contribution in [0.3, 0.4) is 0 Å². The third kappa shape index (κ3) is 5.28. The molecule has 0 amide bonds. The van der Waals surface area contributed by atoms with Gasteiger partial charge in [0.1, 0.15) is 12.4 Å². The van der Waals surface area contributed by atoms with Crippen LogP contribution < -0.4 is 20.6 Å². The number of rotatable bonds is 8. The van der Waals surface area contributed by atoms with Crippen LogP contribution in [0.15, 0.2) is 46.9 Å². The van der Waals surface area contributed by atoms with Gasteiger partial charge in [-0.25, -0.2) is 4.98 Å². The lowest BCUT2D eigenvalue weighted by Gasteiger charge is -2.14. The summed E-state index contributed by atoms with van der Waals surface area (Å²) in [6.07, 6.45) is 1.66. The zero-order valence-corrected chi connectivity index (χ0v) is 17.3. The third-order valence-corrected chi connectivity index (χ3v) is 5.07. The number of thiazole rings is 1. The normalized spacial score (nSPS) is 11.0. The fourth-order valence-corrected chi connectivity index (χ4v) is 3.37. The molecule has 0 spiro atoms. The highest BCUT2D eigenvalue weighted by molar-refractivity contribution is 7.14. The van der Waals surface area contributed by atoms with Crippen molar-refractivity contribution in [2.45, 2.75) is 13.5 Å². The lowest BCUT2D eigenvalue weighted by molar-refractivity contribution is 0.269. The monoisotopic (exact) mass is 436 g/mol. The minimum Gasteiger partial charge on any atom is -0.490 e. The molecule has 0 aliphatic rings. The fraction of sp³-hybridized carbons (Fsp3) is 0.158. The number of hydrogen-bond donors (Lipinski definition) is 2. The van der Waals surface area contributed by atoms with Gasteiger partial charge in [-0.05, 0) is 42.8 Å². The number of hydrogen-bond acceptors (Lipinski definition) is 7. The predicted molar refractivity (Wildman–Crippen MR) is 116 cm³/mol. The zero-order chi connectivity index (χ0) is 19.9. The van der Waals surface area contributed by atoms with E-state index in [1.54, 1.807) is 29.8 Å². The third-order valence-electron chi connectivity index (χ3n) is 3.60. The van der Waals surface area contributed by atoms with Crippen LogP contribution in [0, 0.1) is 0 Å². The number of nitrogens with one attached hydrogen (secondary N) is 1. The number of nitrogens with zero attached hydrogens (tertiary/aromatic N) is 2. The van der Waals surface area contributed by atoms with Crippen molar-refractivity contribution < 1.29 is 9.47 Å². The fourth-order valence-electron chi connectivity index (χ4n) is 2.31. The summed E-state index contributed by atoms with van der Waals surface area (Å²) in [5, 5.41) is 7.64. The van der Waals surface area contributed by atoms with Crippen molar-refractivity contribution in [3.8, 4) is 11.5 Å². The summed E-state index contributed by atoms with van der Waals surface area (Å²) < 4.78 is 11.6. The molecule has 1 aromatic heterocycles. The molecule has 6 nitrogen and oxygen atoms in total. The Morgan fingerprint density at radius 3 is 2.64 bits per heavy atom. The zero-order valence-electron chi connectivity index (χ0n) is 15.0. The van der Waals surface area contributed by atoms with Crippen molar-refractivity contribution in [1.29, 1.82) is 0 Å². The van der Waals surface area contributed by atoms with E-state index in [9.17, 15) is 0 Å². The second-order valence-electron chi connectivity index (χ2n) is 5.58. The van der Waals surface area contributed by atoms with Crippen LogP contribution in [-0.4, -0.2) is 17.8 Å². The second kappa shape index (κ2) is 9.64. The van der Waals surface area contributed by atoms with Gasteiger partial charge in [0.2, 0.25) is 5.13 Å². The quantitative estimate of drug-likeness (QED) is 0.362. The van der Waals surface area contributed by atoms with E-state index in [0.29, 0.717) is 39.1 Å². The maximum Gasteiger partial charge on any atom is 0.205 e. The van der Waals surface area contributed by atoms with Gasteiger partial charge in [-0.3, -0.25) is 5.43 Å². The minimum absolute atomic E-state index is 0.235. The summed E-state index contributed by atoms with van der Waals surface area (Å²) in [6.45, 7) is 2.64. The highest BCUT2D eigenvalue weighted by atomic mass is 35.5. The Kier molecular flexibility index (Phi) is 6.97. The standard InChI is InChI=1S/C19H18Cl2N4O2S/c1-2-26-17-8-12(9-23-25-19-24-18(22)11-28-19)6-7-16(17)27-10-13-14(20)4-3-5-15(13)21/h3-9,11H,2,10,22H2,1H3,(H,24,25). The van der Waals surface area contributed by atoms with E-state index in [0.717, 1.165) is 11.1 Å². The highest BCUT2D eigenvalue weighted by Gasteiger charge is 2.10. The van der Waals surface area contributed by atoms with Gasteiger partial charge in [-0.1, -0.05) is 29.3 Å². The Labute approximate surface area is 176 Å². The van der Waals surface area contributed by atoms with Crippen molar-refractivity contribution >= 4 is 51.7 Å². The second-order valence-corrected chi connectivity index (χ2v) is 7.25. The van der Waals surface area contributed by atoms with Crippen LogP contribution in [0.1, 0.15) is 18.1 Å². The molecule has 3 N–H and O–H groups in total. The topological polar surface area (TPSA) is 81.8 Å². The largest absolute Gasteiger partial charge is 0.490 e. The summed E-state index contributed by atoms with van der Waals surface area (Å²) in [5.41, 5.74) is 9.98. The number of halogens is 2. The molecule has 0 atom stereocenters. The van der Waals surface area contributed by atoms with Gasteiger partial charge in [-0.15, -0.1) is 11.3 Å². The van der Waals surface area contributed by atoms with Gasteiger partial charge >= 0.3 is 0 Å². The van der Waals surface area contributed by atoms with Crippen molar-refractivity contribution in [2.24, 2.45) is 5.10 Å². The van der Waals surface area contributed by atoms with Crippen molar-refractivity contribution in [3.05, 3.63) is 63.0 Å². The summed E-state index contributed by atoms with van der Waals surface area (Å²) in [5.74, 6) is 1.66. The number of nitrogens with two attached hydrogens (primary N) is 1. The predicted octanol–water partition coefficient (Wildman–Crippen LogP) is 5.46. The molecule has 28 heavy (non-hydrogen) atoms. The molecule has 1 heterocycles. The summed E-state index contributed by atoms with van der Waals surface area (Å²) in [6, 6.07) is 10.9. The molecule has 0 unspecified atom stereocenters. The highest BCUT2D eigenvalue weighted by Crippen LogP contribution is 2.31. The molecule has 0 fully saturated rings. The van der Waals surface area contributed by atoms with Crippen LogP contribution in [0.25, 0.3) is 0 Å². The molecule has 0 radical (unpaired) electrons. The number of ether oxygens (including phenoxy) is 2. The maximum atomic E-state index is 6.20. The molecule has 3 aromatic rings. The first kappa shape index (κ1) is 20.3. The Morgan fingerprint density at radius 1 is 1.18 bits per heavy atom. The first-order valence-corrected chi connectivity index (χ1v) is 10.0. The van der Waals surface area contributed by atoms with E-state index in [1.807, 2.05) is 25.1 Å². The summed E-state index contributed by atoms with van der Waals surface area (Å²) >= 11 is 13.8. The lowest BCUT2D eigenvalue weighted by Crippen LogP contribution is -2.01. The summed E-state index contributed by atoms with van der Waals surface area (Å²) in [7, 11) is 0. The Hall–Kier alpha value is -2.48. The van der Waals surface area contributed by atoms with E-state index in [-0.39, 0.29) is 6.61 Å². The number of hydrazone groups is 1.